The second-order valence-corrected chi connectivity index (χ2v) is 9.63. The van der Waals surface area contributed by atoms with E-state index in [1.54, 1.807) is 29.7 Å². The zero-order valence-corrected chi connectivity index (χ0v) is 17.8. The third kappa shape index (κ3) is 4.04. The van der Waals surface area contributed by atoms with Crippen LogP contribution in [-0.2, 0) is 10.0 Å². The molecule has 1 fully saturated rings. The number of carbonyl (C=O) groups is 1. The number of piperazine rings is 1. The summed E-state index contributed by atoms with van der Waals surface area (Å²) in [6.45, 7) is 4.70. The fourth-order valence-electron chi connectivity index (χ4n) is 3.23. The predicted octanol–water partition coefficient (Wildman–Crippen LogP) is 2.88. The second kappa shape index (κ2) is 8.14. The second-order valence-electron chi connectivity index (χ2n) is 6.85. The number of benzene rings is 2. The van der Waals surface area contributed by atoms with Gasteiger partial charge in [0, 0.05) is 36.6 Å². The molecular weight excluding hydrogens is 396 g/mol. The number of hydrogen-bond acceptors (Lipinski definition) is 5. The van der Waals surface area contributed by atoms with Gasteiger partial charge in [-0.1, -0.05) is 12.1 Å². The third-order valence-corrected chi connectivity index (χ3v) is 7.59. The molecule has 1 heterocycles. The molecule has 3 rings (SSSR count). The van der Waals surface area contributed by atoms with E-state index < -0.39 is 10.0 Å². The van der Waals surface area contributed by atoms with E-state index >= 15 is 0 Å². The van der Waals surface area contributed by atoms with Gasteiger partial charge in [0.1, 0.15) is 10.6 Å². The molecule has 0 saturated carbocycles. The van der Waals surface area contributed by atoms with Crippen LogP contribution in [0.4, 0.5) is 0 Å². The first-order valence-electron chi connectivity index (χ1n) is 8.97. The van der Waals surface area contributed by atoms with Crippen molar-refractivity contribution >= 4 is 27.7 Å². The molecule has 6 nitrogen and oxygen atoms in total. The Bertz CT molecular complexity index is 997. The maximum absolute atomic E-state index is 12.9. The Labute approximate surface area is 170 Å². The van der Waals surface area contributed by atoms with Crippen molar-refractivity contribution < 1.29 is 18.3 Å². The van der Waals surface area contributed by atoms with Gasteiger partial charge in [0.05, 0.1) is 0 Å². The average molecular weight is 421 g/mol. The van der Waals surface area contributed by atoms with Crippen LogP contribution in [0.1, 0.15) is 21.5 Å². The molecule has 1 aliphatic rings. The number of aromatic hydroxyl groups is 1. The highest BCUT2D eigenvalue weighted by Crippen LogP contribution is 2.28. The summed E-state index contributed by atoms with van der Waals surface area (Å²) in [5.41, 5.74) is 2.32. The van der Waals surface area contributed by atoms with Crippen LogP contribution in [0.5, 0.6) is 5.75 Å². The smallest absolute Gasteiger partial charge is 0.254 e. The summed E-state index contributed by atoms with van der Waals surface area (Å²) < 4.78 is 27.1. The van der Waals surface area contributed by atoms with Crippen LogP contribution < -0.4 is 0 Å². The van der Waals surface area contributed by atoms with E-state index in [1.165, 1.54) is 16.4 Å². The summed E-state index contributed by atoms with van der Waals surface area (Å²) in [4.78, 5) is 15.5. The van der Waals surface area contributed by atoms with Gasteiger partial charge in [0.2, 0.25) is 10.0 Å². The van der Waals surface area contributed by atoms with E-state index in [-0.39, 0.29) is 29.6 Å². The number of aryl methyl sites for hydroxylation is 2. The Balaban J connectivity index is 1.75. The lowest BCUT2D eigenvalue weighted by molar-refractivity contribution is 0.0696. The molecule has 0 spiro atoms. The van der Waals surface area contributed by atoms with Gasteiger partial charge in [-0.15, -0.1) is 11.8 Å². The summed E-state index contributed by atoms with van der Waals surface area (Å²) in [6.07, 6.45) is 1.96. The Morgan fingerprint density at radius 1 is 1.04 bits per heavy atom. The van der Waals surface area contributed by atoms with Gasteiger partial charge in [0.15, 0.2) is 0 Å². The van der Waals surface area contributed by atoms with Gasteiger partial charge >= 0.3 is 0 Å². The molecule has 2 aromatic rings. The van der Waals surface area contributed by atoms with Crippen LogP contribution in [0.25, 0.3) is 0 Å². The average Bonchev–Trinajstić information content (AvgIpc) is 2.69. The van der Waals surface area contributed by atoms with E-state index in [0.717, 1.165) is 16.0 Å². The SMILES string of the molecule is CSc1ccc(C)c(C(=O)N2CCN(S(=O)(=O)c3cc(C)ccc3O)CC2)c1. The Morgan fingerprint density at radius 3 is 2.36 bits per heavy atom. The normalized spacial score (nSPS) is 15.6. The molecule has 0 aliphatic carbocycles. The first kappa shape index (κ1) is 20.7. The summed E-state index contributed by atoms with van der Waals surface area (Å²) in [7, 11) is -3.81. The van der Waals surface area contributed by atoms with Gasteiger partial charge in [-0.3, -0.25) is 4.79 Å². The zero-order valence-electron chi connectivity index (χ0n) is 16.2. The molecule has 0 atom stereocenters. The Morgan fingerprint density at radius 2 is 1.71 bits per heavy atom. The van der Waals surface area contributed by atoms with Crippen LogP contribution in [0.15, 0.2) is 46.2 Å². The third-order valence-electron chi connectivity index (χ3n) is 4.93. The number of sulfonamides is 1. The van der Waals surface area contributed by atoms with E-state index in [0.29, 0.717) is 18.7 Å². The van der Waals surface area contributed by atoms with Crippen molar-refractivity contribution in [3.63, 3.8) is 0 Å². The molecule has 150 valence electrons. The van der Waals surface area contributed by atoms with E-state index in [2.05, 4.69) is 0 Å². The molecule has 28 heavy (non-hydrogen) atoms. The molecule has 0 unspecified atom stereocenters. The predicted molar refractivity (Wildman–Crippen MR) is 110 cm³/mol. The highest BCUT2D eigenvalue weighted by Gasteiger charge is 2.32. The number of hydrogen-bond donors (Lipinski definition) is 1. The van der Waals surface area contributed by atoms with Crippen molar-refractivity contribution in [2.45, 2.75) is 23.6 Å². The van der Waals surface area contributed by atoms with Crippen molar-refractivity contribution in [2.24, 2.45) is 0 Å². The monoisotopic (exact) mass is 420 g/mol. The van der Waals surface area contributed by atoms with Crippen LogP contribution in [0, 0.1) is 13.8 Å². The largest absolute Gasteiger partial charge is 0.507 e. The summed E-state index contributed by atoms with van der Waals surface area (Å²) in [5.74, 6) is -0.336. The van der Waals surface area contributed by atoms with Crippen LogP contribution in [0.3, 0.4) is 0 Å². The molecule has 1 saturated heterocycles. The number of thioether (sulfide) groups is 1. The maximum Gasteiger partial charge on any atom is 0.254 e. The maximum atomic E-state index is 12.9. The summed E-state index contributed by atoms with van der Waals surface area (Å²) >= 11 is 1.58. The molecule has 0 aromatic heterocycles. The van der Waals surface area contributed by atoms with Crippen LogP contribution in [0.2, 0.25) is 0 Å². The van der Waals surface area contributed by atoms with Crippen LogP contribution in [-0.4, -0.2) is 61.1 Å². The summed E-state index contributed by atoms with van der Waals surface area (Å²) in [5, 5.41) is 10.00. The highest BCUT2D eigenvalue weighted by molar-refractivity contribution is 7.98. The number of nitrogens with zero attached hydrogens (tertiary/aromatic N) is 2. The number of phenols is 1. The first-order valence-corrected chi connectivity index (χ1v) is 11.6. The van der Waals surface area contributed by atoms with Gasteiger partial charge in [-0.2, -0.15) is 4.31 Å². The topological polar surface area (TPSA) is 77.9 Å². The van der Waals surface area contributed by atoms with Crippen molar-refractivity contribution in [1.82, 2.24) is 9.21 Å². The molecule has 1 N–H and O–H groups in total. The minimum absolute atomic E-state index is 0.0798. The molecule has 1 amide bonds. The first-order chi connectivity index (χ1) is 13.2. The highest BCUT2D eigenvalue weighted by atomic mass is 32.2. The molecule has 1 aliphatic heterocycles. The molecular formula is C20H24N2O4S2. The van der Waals surface area contributed by atoms with E-state index in [4.69, 9.17) is 0 Å². The fourth-order valence-corrected chi connectivity index (χ4v) is 5.26. The van der Waals surface area contributed by atoms with Crippen molar-refractivity contribution in [3.05, 3.63) is 53.1 Å². The van der Waals surface area contributed by atoms with Crippen molar-refractivity contribution in [2.75, 3.05) is 32.4 Å². The quantitative estimate of drug-likeness (QED) is 0.770. The minimum atomic E-state index is -3.81. The molecule has 2 aromatic carbocycles. The fraction of sp³-hybridized carbons (Fsp3) is 0.350. The number of carbonyl (C=O) groups excluding carboxylic acids is 1. The van der Waals surface area contributed by atoms with Crippen molar-refractivity contribution in [3.8, 4) is 5.75 Å². The Kier molecular flexibility index (Phi) is 6.02. The summed E-state index contributed by atoms with van der Waals surface area (Å²) in [6, 6.07) is 10.3. The lowest BCUT2D eigenvalue weighted by atomic mass is 10.1. The molecule has 8 heteroatoms. The molecule has 0 radical (unpaired) electrons. The van der Waals surface area contributed by atoms with E-state index in [9.17, 15) is 18.3 Å². The number of amides is 1. The lowest BCUT2D eigenvalue weighted by Gasteiger charge is -2.34. The van der Waals surface area contributed by atoms with Gasteiger partial charge in [0.25, 0.3) is 5.91 Å². The molecule has 0 bridgehead atoms. The number of phenolic OH excluding ortho intramolecular Hbond substituents is 1. The number of rotatable bonds is 4. The Hall–Kier alpha value is -2.03. The van der Waals surface area contributed by atoms with Gasteiger partial charge in [-0.05, 0) is 55.5 Å². The van der Waals surface area contributed by atoms with Gasteiger partial charge < -0.3 is 10.0 Å². The van der Waals surface area contributed by atoms with E-state index in [1.807, 2.05) is 31.4 Å². The minimum Gasteiger partial charge on any atom is -0.507 e. The lowest BCUT2D eigenvalue weighted by Crippen LogP contribution is -2.50. The van der Waals surface area contributed by atoms with Crippen LogP contribution >= 0.6 is 11.8 Å². The van der Waals surface area contributed by atoms with Crippen molar-refractivity contribution in [1.29, 1.82) is 0 Å². The standard InChI is InChI=1S/C20H24N2O4S2/c1-14-4-7-18(23)19(12-14)28(25,26)22-10-8-21(9-11-22)20(24)17-13-16(27-3)6-5-15(17)2/h4-7,12-13,23H,8-11H2,1-3H3. The van der Waals surface area contributed by atoms with Gasteiger partial charge in [-0.25, -0.2) is 8.42 Å². The zero-order chi connectivity index (χ0) is 20.5.